The molecule has 2 aliphatic heterocycles. The number of likely N-dealkylation sites (tertiary alicyclic amines) is 2. The Morgan fingerprint density at radius 1 is 1.18 bits per heavy atom. The van der Waals surface area contributed by atoms with Crippen molar-refractivity contribution >= 4 is 5.91 Å². The lowest BCUT2D eigenvalue weighted by molar-refractivity contribution is -0.147. The molecule has 5 heteroatoms. The molecule has 150 valence electrons. The summed E-state index contributed by atoms with van der Waals surface area (Å²) in [6, 6.07) is 12.6. The average molecular weight is 381 g/mol. The van der Waals surface area contributed by atoms with Crippen LogP contribution in [0.15, 0.2) is 42.6 Å². The second-order valence-corrected chi connectivity index (χ2v) is 8.79. The molecular formula is C23H32N4O. The van der Waals surface area contributed by atoms with Crippen LogP contribution >= 0.6 is 0 Å². The van der Waals surface area contributed by atoms with Crippen LogP contribution in [0.5, 0.6) is 0 Å². The number of piperidine rings is 2. The molecule has 1 aromatic carbocycles. The summed E-state index contributed by atoms with van der Waals surface area (Å²) < 4.78 is 0. The molecule has 1 atom stereocenters. The molecule has 4 rings (SSSR count). The molecule has 0 radical (unpaired) electrons. The third-order valence-electron chi connectivity index (χ3n) is 6.66. The first-order valence-electron chi connectivity index (χ1n) is 10.6. The van der Waals surface area contributed by atoms with Crippen molar-refractivity contribution in [1.82, 2.24) is 20.0 Å². The summed E-state index contributed by atoms with van der Waals surface area (Å²) in [5, 5.41) is 7.15. The zero-order chi connectivity index (χ0) is 19.4. The van der Waals surface area contributed by atoms with Gasteiger partial charge in [0, 0.05) is 25.0 Å². The van der Waals surface area contributed by atoms with E-state index in [1.165, 1.54) is 17.7 Å². The van der Waals surface area contributed by atoms with Gasteiger partial charge in [-0.2, -0.15) is 5.10 Å². The normalized spacial score (nSPS) is 22.9. The maximum atomic E-state index is 13.8. The van der Waals surface area contributed by atoms with Gasteiger partial charge in [0.05, 0.1) is 5.41 Å². The number of rotatable bonds is 5. The van der Waals surface area contributed by atoms with Crippen LogP contribution in [0.4, 0.5) is 0 Å². The molecule has 2 fully saturated rings. The fourth-order valence-corrected chi connectivity index (χ4v) is 4.96. The maximum absolute atomic E-state index is 13.8. The Kier molecular flexibility index (Phi) is 5.81. The van der Waals surface area contributed by atoms with Gasteiger partial charge in [-0.05, 0) is 76.2 Å². The second-order valence-electron chi connectivity index (χ2n) is 8.79. The largest absolute Gasteiger partial charge is 0.342 e. The van der Waals surface area contributed by atoms with Crippen molar-refractivity contribution in [3.8, 4) is 0 Å². The number of hydrogen-bond acceptors (Lipinski definition) is 3. The summed E-state index contributed by atoms with van der Waals surface area (Å²) in [6.45, 7) is 3.79. The van der Waals surface area contributed by atoms with E-state index in [0.717, 1.165) is 58.3 Å². The number of benzene rings is 1. The van der Waals surface area contributed by atoms with Gasteiger partial charge in [-0.15, -0.1) is 0 Å². The molecule has 28 heavy (non-hydrogen) atoms. The van der Waals surface area contributed by atoms with Gasteiger partial charge in [-0.3, -0.25) is 9.89 Å². The van der Waals surface area contributed by atoms with Gasteiger partial charge in [0.15, 0.2) is 0 Å². The summed E-state index contributed by atoms with van der Waals surface area (Å²) in [4.78, 5) is 18.4. The van der Waals surface area contributed by atoms with Gasteiger partial charge in [-0.25, -0.2) is 0 Å². The fraction of sp³-hybridized carbons (Fsp3) is 0.565. The Labute approximate surface area is 168 Å². The minimum absolute atomic E-state index is 0.246. The number of aromatic nitrogens is 2. The molecule has 1 unspecified atom stereocenters. The minimum Gasteiger partial charge on any atom is -0.342 e. The number of aromatic amines is 1. The van der Waals surface area contributed by atoms with Gasteiger partial charge in [0.1, 0.15) is 0 Å². The molecule has 5 nitrogen and oxygen atoms in total. The van der Waals surface area contributed by atoms with E-state index in [4.69, 9.17) is 0 Å². The molecule has 0 aliphatic carbocycles. The number of carbonyl (C=O) groups excluding carboxylic acids is 1. The molecule has 1 N–H and O–H groups in total. The highest BCUT2D eigenvalue weighted by Crippen LogP contribution is 2.38. The van der Waals surface area contributed by atoms with Crippen molar-refractivity contribution in [3.05, 3.63) is 53.9 Å². The summed E-state index contributed by atoms with van der Waals surface area (Å²) in [5.41, 5.74) is 2.22. The average Bonchev–Trinajstić information content (AvgIpc) is 3.23. The number of amides is 1. The number of hydrogen-bond donors (Lipinski definition) is 1. The maximum Gasteiger partial charge on any atom is 0.229 e. The number of nitrogens with zero attached hydrogens (tertiary/aromatic N) is 3. The standard InChI is InChI=1S/C23H32N4O/c1-26-14-10-23(11-15-26,17-19-6-3-2-4-7-19)22(28)27-13-5-8-20(18-27)16-21-9-12-24-25-21/h2-4,6-7,9,12,20H,5,8,10-11,13-18H2,1H3,(H,24,25). The Balaban J connectivity index is 1.49. The topological polar surface area (TPSA) is 52.2 Å². The Hall–Kier alpha value is -2.14. The lowest BCUT2D eigenvalue weighted by Gasteiger charge is -2.44. The minimum atomic E-state index is -0.246. The molecule has 0 spiro atoms. The second kappa shape index (κ2) is 8.48. The van der Waals surface area contributed by atoms with Gasteiger partial charge < -0.3 is 9.80 Å². The summed E-state index contributed by atoms with van der Waals surface area (Å²) in [6.07, 6.45) is 7.87. The van der Waals surface area contributed by atoms with Crippen LogP contribution in [0.3, 0.4) is 0 Å². The van der Waals surface area contributed by atoms with Crippen LogP contribution in [-0.2, 0) is 17.6 Å². The van der Waals surface area contributed by atoms with E-state index in [1.807, 2.05) is 6.20 Å². The zero-order valence-corrected chi connectivity index (χ0v) is 16.9. The third kappa shape index (κ3) is 4.30. The van der Waals surface area contributed by atoms with Crippen molar-refractivity contribution in [2.75, 3.05) is 33.2 Å². The van der Waals surface area contributed by atoms with E-state index >= 15 is 0 Å². The summed E-state index contributed by atoms with van der Waals surface area (Å²) in [7, 11) is 2.16. The number of nitrogens with one attached hydrogen (secondary N) is 1. The summed E-state index contributed by atoms with van der Waals surface area (Å²) >= 11 is 0. The van der Waals surface area contributed by atoms with Crippen molar-refractivity contribution < 1.29 is 4.79 Å². The first kappa shape index (κ1) is 19.2. The van der Waals surface area contributed by atoms with Crippen LogP contribution in [0, 0.1) is 11.3 Å². The molecule has 2 aliphatic rings. The lowest BCUT2D eigenvalue weighted by atomic mass is 9.72. The first-order valence-corrected chi connectivity index (χ1v) is 10.6. The van der Waals surface area contributed by atoms with E-state index in [1.54, 1.807) is 0 Å². The van der Waals surface area contributed by atoms with Crippen molar-refractivity contribution in [2.45, 2.75) is 38.5 Å². The van der Waals surface area contributed by atoms with Crippen LogP contribution < -0.4 is 0 Å². The van der Waals surface area contributed by atoms with Crippen LogP contribution in [0.2, 0.25) is 0 Å². The highest BCUT2D eigenvalue weighted by Gasteiger charge is 2.43. The highest BCUT2D eigenvalue weighted by molar-refractivity contribution is 5.83. The van der Waals surface area contributed by atoms with E-state index < -0.39 is 0 Å². The third-order valence-corrected chi connectivity index (χ3v) is 6.66. The summed E-state index contributed by atoms with van der Waals surface area (Å²) in [5.74, 6) is 0.914. The van der Waals surface area contributed by atoms with E-state index in [9.17, 15) is 4.79 Å². The van der Waals surface area contributed by atoms with Crippen LogP contribution in [-0.4, -0.2) is 59.1 Å². The van der Waals surface area contributed by atoms with Crippen LogP contribution in [0.1, 0.15) is 36.9 Å². The molecule has 2 saturated heterocycles. The quantitative estimate of drug-likeness (QED) is 0.867. The predicted octanol–water partition coefficient (Wildman–Crippen LogP) is 3.15. The fourth-order valence-electron chi connectivity index (χ4n) is 4.96. The molecule has 1 aromatic heterocycles. The van der Waals surface area contributed by atoms with Crippen LogP contribution in [0.25, 0.3) is 0 Å². The Bertz CT molecular complexity index is 750. The molecule has 3 heterocycles. The molecular weight excluding hydrogens is 348 g/mol. The van der Waals surface area contributed by atoms with Crippen molar-refractivity contribution in [3.63, 3.8) is 0 Å². The molecule has 0 saturated carbocycles. The zero-order valence-electron chi connectivity index (χ0n) is 16.9. The van der Waals surface area contributed by atoms with Crippen molar-refractivity contribution in [2.24, 2.45) is 11.3 Å². The Morgan fingerprint density at radius 2 is 1.96 bits per heavy atom. The monoisotopic (exact) mass is 380 g/mol. The van der Waals surface area contributed by atoms with Gasteiger partial charge in [0.2, 0.25) is 5.91 Å². The molecule has 2 aromatic rings. The van der Waals surface area contributed by atoms with Gasteiger partial charge in [-0.1, -0.05) is 30.3 Å². The van der Waals surface area contributed by atoms with E-state index in [-0.39, 0.29) is 5.41 Å². The Morgan fingerprint density at radius 3 is 2.68 bits per heavy atom. The van der Waals surface area contributed by atoms with Crippen molar-refractivity contribution in [1.29, 1.82) is 0 Å². The number of H-pyrrole nitrogens is 1. The smallest absolute Gasteiger partial charge is 0.229 e. The lowest BCUT2D eigenvalue weighted by Crippen LogP contribution is -2.53. The predicted molar refractivity (Wildman–Crippen MR) is 111 cm³/mol. The molecule has 1 amide bonds. The number of carbonyl (C=O) groups is 1. The van der Waals surface area contributed by atoms with E-state index in [2.05, 4.69) is 63.4 Å². The van der Waals surface area contributed by atoms with Gasteiger partial charge in [0.25, 0.3) is 0 Å². The van der Waals surface area contributed by atoms with Gasteiger partial charge >= 0.3 is 0 Å². The van der Waals surface area contributed by atoms with E-state index in [0.29, 0.717) is 11.8 Å². The highest BCUT2D eigenvalue weighted by atomic mass is 16.2. The first-order chi connectivity index (χ1) is 13.6. The SMILES string of the molecule is CN1CCC(Cc2ccccc2)(C(=O)N2CCCC(Cc3ccn[nH]3)C2)CC1. The molecule has 0 bridgehead atoms.